The van der Waals surface area contributed by atoms with Crippen molar-refractivity contribution < 1.29 is 19.6 Å². The Morgan fingerprint density at radius 2 is 2.33 bits per heavy atom. The lowest BCUT2D eigenvalue weighted by Gasteiger charge is -2.21. The van der Waals surface area contributed by atoms with Crippen LogP contribution in [0.3, 0.4) is 0 Å². The van der Waals surface area contributed by atoms with Gasteiger partial charge in [-0.2, -0.15) is 5.10 Å². The predicted molar refractivity (Wildman–Crippen MR) is 71.3 cm³/mol. The smallest absolute Gasteiger partial charge is 0.404 e. The van der Waals surface area contributed by atoms with Gasteiger partial charge in [0.15, 0.2) is 5.78 Å². The van der Waals surface area contributed by atoms with Gasteiger partial charge < -0.3 is 15.3 Å². The molecule has 10 heteroatoms. The monoisotopic (exact) mass is 297 g/mol. The van der Waals surface area contributed by atoms with E-state index < -0.39 is 17.1 Å². The summed E-state index contributed by atoms with van der Waals surface area (Å²) < 4.78 is 1.34. The van der Waals surface area contributed by atoms with Gasteiger partial charge in [0, 0.05) is 26.1 Å². The maximum atomic E-state index is 11.9. The molecule has 0 aliphatic carbocycles. The molecule has 114 valence electrons. The number of nitrogens with one attached hydrogen (secondary N) is 1. The molecule has 0 spiro atoms. The van der Waals surface area contributed by atoms with Crippen LogP contribution in [0.2, 0.25) is 0 Å². The van der Waals surface area contributed by atoms with Crippen LogP contribution in [0.4, 0.5) is 16.3 Å². The van der Waals surface area contributed by atoms with E-state index in [0.717, 1.165) is 6.20 Å². The molecule has 1 atom stereocenters. The largest absolute Gasteiger partial charge is 0.465 e. The fraction of sp³-hybridized carbons (Fsp3) is 0.545. The van der Waals surface area contributed by atoms with Crippen LogP contribution in [-0.4, -0.2) is 50.8 Å². The second kappa shape index (κ2) is 5.77. The zero-order valence-electron chi connectivity index (χ0n) is 11.4. The van der Waals surface area contributed by atoms with Gasteiger partial charge in [-0.25, -0.2) is 9.48 Å². The summed E-state index contributed by atoms with van der Waals surface area (Å²) in [6.45, 7) is 0.329. The van der Waals surface area contributed by atoms with Crippen LogP contribution < -0.4 is 10.2 Å². The Morgan fingerprint density at radius 1 is 1.62 bits per heavy atom. The summed E-state index contributed by atoms with van der Waals surface area (Å²) in [6.07, 6.45) is 0.416. The minimum absolute atomic E-state index is 0.00181. The van der Waals surface area contributed by atoms with E-state index in [1.54, 1.807) is 11.9 Å². The van der Waals surface area contributed by atoms with Crippen molar-refractivity contribution >= 4 is 23.4 Å². The van der Waals surface area contributed by atoms with Gasteiger partial charge in [0.25, 0.3) is 0 Å². The van der Waals surface area contributed by atoms with E-state index in [0.29, 0.717) is 13.0 Å². The normalized spacial score (nSPS) is 19.2. The maximum absolute atomic E-state index is 11.9. The van der Waals surface area contributed by atoms with Gasteiger partial charge in [-0.1, -0.05) is 0 Å². The van der Waals surface area contributed by atoms with Crippen molar-refractivity contribution in [3.05, 3.63) is 16.3 Å². The van der Waals surface area contributed by atoms with Crippen molar-refractivity contribution in [2.75, 3.05) is 18.0 Å². The Morgan fingerprint density at radius 3 is 2.95 bits per heavy atom. The second-order valence-electron chi connectivity index (χ2n) is 4.83. The van der Waals surface area contributed by atoms with Crippen LogP contribution in [0.5, 0.6) is 0 Å². The quantitative estimate of drug-likeness (QED) is 0.599. The van der Waals surface area contributed by atoms with Gasteiger partial charge in [-0.3, -0.25) is 14.9 Å². The molecule has 1 aromatic rings. The SMILES string of the molecule is Cn1ncc([N+](=O)[O-])c1N1CC[C@H](NC(=O)O)CC(=O)C1. The number of carbonyl (C=O) groups excluding carboxylic acids is 1. The average molecular weight is 297 g/mol. The molecule has 1 fully saturated rings. The third-order valence-corrected chi connectivity index (χ3v) is 3.30. The molecule has 1 aromatic heterocycles. The molecule has 0 aromatic carbocycles. The van der Waals surface area contributed by atoms with Crippen molar-refractivity contribution in [3.8, 4) is 0 Å². The van der Waals surface area contributed by atoms with Crippen LogP contribution in [0.1, 0.15) is 12.8 Å². The van der Waals surface area contributed by atoms with Gasteiger partial charge in [0.05, 0.1) is 11.5 Å². The number of nitrogens with zero attached hydrogens (tertiary/aromatic N) is 4. The van der Waals surface area contributed by atoms with E-state index >= 15 is 0 Å². The highest BCUT2D eigenvalue weighted by Gasteiger charge is 2.30. The summed E-state index contributed by atoms with van der Waals surface area (Å²) in [4.78, 5) is 34.6. The van der Waals surface area contributed by atoms with Crippen LogP contribution in [0.25, 0.3) is 0 Å². The van der Waals surface area contributed by atoms with E-state index in [4.69, 9.17) is 5.11 Å². The molecular weight excluding hydrogens is 282 g/mol. The molecule has 21 heavy (non-hydrogen) atoms. The summed E-state index contributed by atoms with van der Waals surface area (Å²) in [6, 6.07) is -0.479. The Balaban J connectivity index is 2.22. The van der Waals surface area contributed by atoms with E-state index in [2.05, 4.69) is 10.4 Å². The fourth-order valence-corrected chi connectivity index (χ4v) is 2.44. The number of ketones is 1. The third-order valence-electron chi connectivity index (χ3n) is 3.30. The minimum atomic E-state index is -1.19. The molecule has 0 bridgehead atoms. The number of nitro groups is 1. The highest BCUT2D eigenvalue weighted by Crippen LogP contribution is 2.28. The number of rotatable bonds is 3. The van der Waals surface area contributed by atoms with E-state index in [9.17, 15) is 19.7 Å². The van der Waals surface area contributed by atoms with Crippen LogP contribution >= 0.6 is 0 Å². The van der Waals surface area contributed by atoms with Crippen molar-refractivity contribution in [2.24, 2.45) is 7.05 Å². The first-order chi connectivity index (χ1) is 9.88. The van der Waals surface area contributed by atoms with Gasteiger partial charge >= 0.3 is 11.8 Å². The second-order valence-corrected chi connectivity index (χ2v) is 4.83. The first kappa shape index (κ1) is 14.8. The minimum Gasteiger partial charge on any atom is -0.465 e. The molecule has 1 aliphatic rings. The third kappa shape index (κ3) is 3.27. The summed E-state index contributed by atoms with van der Waals surface area (Å²) in [5.74, 6) is 0.0751. The van der Waals surface area contributed by atoms with Gasteiger partial charge in [0.1, 0.15) is 6.20 Å². The molecule has 2 heterocycles. The molecule has 0 saturated carbocycles. The zero-order valence-corrected chi connectivity index (χ0v) is 11.4. The highest BCUT2D eigenvalue weighted by atomic mass is 16.6. The molecule has 10 nitrogen and oxygen atoms in total. The van der Waals surface area contributed by atoms with Crippen molar-refractivity contribution in [1.29, 1.82) is 0 Å². The summed E-state index contributed by atoms with van der Waals surface area (Å²) in [7, 11) is 1.56. The average Bonchev–Trinajstić information content (AvgIpc) is 2.66. The summed E-state index contributed by atoms with van der Waals surface area (Å²) >= 11 is 0. The molecule has 2 rings (SSSR count). The Bertz CT molecular complexity index is 584. The number of hydrogen-bond acceptors (Lipinski definition) is 6. The summed E-state index contributed by atoms with van der Waals surface area (Å²) in [5.41, 5.74) is -0.171. The molecule has 1 amide bonds. The first-order valence-electron chi connectivity index (χ1n) is 6.31. The number of anilines is 1. The first-order valence-corrected chi connectivity index (χ1v) is 6.31. The molecular formula is C11H15N5O5. The van der Waals surface area contributed by atoms with Gasteiger partial charge in [0.2, 0.25) is 5.82 Å². The topological polar surface area (TPSA) is 131 Å². The molecule has 0 unspecified atom stereocenters. The van der Waals surface area contributed by atoms with Gasteiger partial charge in [-0.15, -0.1) is 0 Å². The number of hydrogen-bond donors (Lipinski definition) is 2. The van der Waals surface area contributed by atoms with Crippen molar-refractivity contribution in [3.63, 3.8) is 0 Å². The van der Waals surface area contributed by atoms with Crippen LogP contribution in [0, 0.1) is 10.1 Å². The number of amides is 1. The van der Waals surface area contributed by atoms with E-state index in [1.165, 1.54) is 4.68 Å². The molecule has 2 N–H and O–H groups in total. The molecule has 0 radical (unpaired) electrons. The van der Waals surface area contributed by atoms with Crippen molar-refractivity contribution in [1.82, 2.24) is 15.1 Å². The lowest BCUT2D eigenvalue weighted by molar-refractivity contribution is -0.384. The number of carbonyl (C=O) groups is 2. The number of Topliss-reactive ketones (excluding diaryl/α,β-unsaturated/α-hetero) is 1. The summed E-state index contributed by atoms with van der Waals surface area (Å²) in [5, 5.41) is 25.9. The van der Waals surface area contributed by atoms with E-state index in [-0.39, 0.29) is 30.3 Å². The van der Waals surface area contributed by atoms with Crippen LogP contribution in [0.15, 0.2) is 6.20 Å². The Labute approximate surface area is 119 Å². The molecule has 1 aliphatic heterocycles. The fourth-order valence-electron chi connectivity index (χ4n) is 2.44. The zero-order chi connectivity index (χ0) is 15.6. The van der Waals surface area contributed by atoms with Gasteiger partial charge in [-0.05, 0) is 6.42 Å². The van der Waals surface area contributed by atoms with Crippen molar-refractivity contribution in [2.45, 2.75) is 18.9 Å². The maximum Gasteiger partial charge on any atom is 0.404 e. The number of carboxylic acid groups (broad SMARTS) is 1. The number of aryl methyl sites for hydroxylation is 1. The lowest BCUT2D eigenvalue weighted by Crippen LogP contribution is -2.35. The molecule has 1 saturated heterocycles. The Kier molecular flexibility index (Phi) is 4.05. The lowest BCUT2D eigenvalue weighted by atomic mass is 10.1. The van der Waals surface area contributed by atoms with Crippen LogP contribution in [-0.2, 0) is 11.8 Å². The highest BCUT2D eigenvalue weighted by molar-refractivity contribution is 5.85. The Hall–Kier alpha value is -2.65. The predicted octanol–water partition coefficient (Wildman–Crippen LogP) is 0.134. The van der Waals surface area contributed by atoms with E-state index in [1.807, 2.05) is 0 Å². The number of aromatic nitrogens is 2. The standard InChI is InChI=1S/C11H15N5O5/c1-14-10(9(5-12-14)16(20)21)15-3-2-7(13-11(18)19)4-8(17)6-15/h5,7,13H,2-4,6H2,1H3,(H,18,19)/t7-/m0/s1.